The molecule has 1 heterocycles. The fourth-order valence-electron chi connectivity index (χ4n) is 3.62. The molecule has 1 fully saturated rings. The van der Waals surface area contributed by atoms with Crippen molar-refractivity contribution in [2.24, 2.45) is 5.92 Å². The van der Waals surface area contributed by atoms with Gasteiger partial charge in [-0.15, -0.1) is 6.58 Å². The molecule has 0 radical (unpaired) electrons. The SMILES string of the molecule is C=CCN1CC[C@H]2c3ccccc3CC[C@H]2C1. The molecular weight excluding hydrogens is 206 g/mol. The molecule has 0 unspecified atom stereocenters. The van der Waals surface area contributed by atoms with Crippen molar-refractivity contribution in [1.29, 1.82) is 0 Å². The predicted molar refractivity (Wildman–Crippen MR) is 72.2 cm³/mol. The largest absolute Gasteiger partial charge is 0.299 e. The van der Waals surface area contributed by atoms with Crippen molar-refractivity contribution in [3.63, 3.8) is 0 Å². The molecule has 0 spiro atoms. The van der Waals surface area contributed by atoms with E-state index in [1.54, 1.807) is 11.1 Å². The highest BCUT2D eigenvalue weighted by Crippen LogP contribution is 2.41. The topological polar surface area (TPSA) is 3.24 Å². The lowest BCUT2D eigenvalue weighted by Gasteiger charge is -2.42. The highest BCUT2D eigenvalue weighted by molar-refractivity contribution is 5.34. The summed E-state index contributed by atoms with van der Waals surface area (Å²) in [5, 5.41) is 0. The van der Waals surface area contributed by atoms with Gasteiger partial charge in [0.25, 0.3) is 0 Å². The van der Waals surface area contributed by atoms with Gasteiger partial charge in [-0.25, -0.2) is 0 Å². The molecule has 17 heavy (non-hydrogen) atoms. The van der Waals surface area contributed by atoms with E-state index in [2.05, 4.69) is 35.7 Å². The minimum atomic E-state index is 0.820. The average Bonchev–Trinajstić information content (AvgIpc) is 2.39. The third-order valence-corrected chi connectivity index (χ3v) is 4.44. The first-order valence-corrected chi connectivity index (χ1v) is 6.79. The Labute approximate surface area is 104 Å². The second-order valence-corrected chi connectivity index (χ2v) is 5.44. The van der Waals surface area contributed by atoms with Crippen LogP contribution < -0.4 is 0 Å². The molecule has 1 nitrogen and oxygen atoms in total. The molecule has 1 aliphatic heterocycles. The fourth-order valence-corrected chi connectivity index (χ4v) is 3.62. The van der Waals surface area contributed by atoms with Gasteiger partial charge in [-0.1, -0.05) is 30.3 Å². The van der Waals surface area contributed by atoms with E-state index in [9.17, 15) is 0 Å². The van der Waals surface area contributed by atoms with Crippen molar-refractivity contribution in [3.8, 4) is 0 Å². The number of likely N-dealkylation sites (tertiary alicyclic amines) is 1. The summed E-state index contributed by atoms with van der Waals surface area (Å²) in [6.45, 7) is 7.42. The van der Waals surface area contributed by atoms with Gasteiger partial charge < -0.3 is 0 Å². The maximum absolute atomic E-state index is 3.85. The second-order valence-electron chi connectivity index (χ2n) is 5.44. The van der Waals surface area contributed by atoms with Crippen LogP contribution in [0.25, 0.3) is 0 Å². The van der Waals surface area contributed by atoms with Crippen LogP contribution in [0.3, 0.4) is 0 Å². The maximum atomic E-state index is 3.85. The number of fused-ring (bicyclic) bond motifs is 3. The summed E-state index contributed by atoms with van der Waals surface area (Å²) < 4.78 is 0. The molecule has 0 saturated carbocycles. The van der Waals surface area contributed by atoms with Crippen LogP contribution in [-0.4, -0.2) is 24.5 Å². The van der Waals surface area contributed by atoms with Crippen molar-refractivity contribution >= 4 is 0 Å². The molecule has 2 aliphatic rings. The van der Waals surface area contributed by atoms with E-state index < -0.39 is 0 Å². The highest BCUT2D eigenvalue weighted by Gasteiger charge is 2.33. The van der Waals surface area contributed by atoms with Gasteiger partial charge in [0.15, 0.2) is 0 Å². The lowest BCUT2D eigenvalue weighted by atomic mass is 9.71. The third-order valence-electron chi connectivity index (χ3n) is 4.44. The van der Waals surface area contributed by atoms with Gasteiger partial charge in [-0.3, -0.25) is 4.90 Å². The lowest BCUT2D eigenvalue weighted by Crippen LogP contribution is -2.41. The van der Waals surface area contributed by atoms with Gasteiger partial charge >= 0.3 is 0 Å². The standard InChI is InChI=1S/C16H21N/c1-2-10-17-11-9-16-14(12-17)8-7-13-5-3-4-6-15(13)16/h2-6,14,16H,1,7-12H2/t14-,16+/m0/s1. The van der Waals surface area contributed by atoms with Crippen LogP contribution in [0.5, 0.6) is 0 Å². The molecule has 0 bridgehead atoms. The van der Waals surface area contributed by atoms with Crippen LogP contribution >= 0.6 is 0 Å². The molecule has 1 aromatic rings. The Balaban J connectivity index is 1.80. The normalized spacial score (nSPS) is 28.2. The van der Waals surface area contributed by atoms with E-state index in [4.69, 9.17) is 0 Å². The van der Waals surface area contributed by atoms with Crippen LogP contribution in [0.15, 0.2) is 36.9 Å². The monoisotopic (exact) mass is 227 g/mol. The Bertz CT molecular complexity index is 410. The van der Waals surface area contributed by atoms with Crippen LogP contribution in [0.2, 0.25) is 0 Å². The molecule has 0 amide bonds. The Morgan fingerprint density at radius 1 is 1.29 bits per heavy atom. The van der Waals surface area contributed by atoms with Crippen LogP contribution in [0.1, 0.15) is 29.9 Å². The lowest BCUT2D eigenvalue weighted by molar-refractivity contribution is 0.154. The molecule has 1 aromatic carbocycles. The summed E-state index contributed by atoms with van der Waals surface area (Å²) >= 11 is 0. The van der Waals surface area contributed by atoms with E-state index in [-0.39, 0.29) is 0 Å². The minimum absolute atomic E-state index is 0.820. The van der Waals surface area contributed by atoms with E-state index in [0.717, 1.165) is 18.4 Å². The van der Waals surface area contributed by atoms with E-state index in [1.165, 1.54) is 32.4 Å². The Kier molecular flexibility index (Phi) is 3.02. The summed E-state index contributed by atoms with van der Waals surface area (Å²) in [6, 6.07) is 9.07. The number of benzene rings is 1. The number of rotatable bonds is 2. The molecule has 1 aliphatic carbocycles. The van der Waals surface area contributed by atoms with Gasteiger partial charge in [0, 0.05) is 13.1 Å². The number of aryl methyl sites for hydroxylation is 1. The van der Waals surface area contributed by atoms with Crippen LogP contribution in [-0.2, 0) is 6.42 Å². The fraction of sp³-hybridized carbons (Fsp3) is 0.500. The number of piperidine rings is 1. The predicted octanol–water partition coefficient (Wildman–Crippen LogP) is 3.22. The molecule has 0 aromatic heterocycles. The molecule has 90 valence electrons. The molecular formula is C16H21N. The summed E-state index contributed by atoms with van der Waals surface area (Å²) in [7, 11) is 0. The van der Waals surface area contributed by atoms with Crippen LogP contribution in [0.4, 0.5) is 0 Å². The number of hydrogen-bond acceptors (Lipinski definition) is 1. The van der Waals surface area contributed by atoms with Gasteiger partial charge in [0.2, 0.25) is 0 Å². The molecule has 1 heteroatoms. The third kappa shape index (κ3) is 2.04. The summed E-state index contributed by atoms with van der Waals surface area (Å²) in [4.78, 5) is 2.56. The Hall–Kier alpha value is -1.08. The van der Waals surface area contributed by atoms with Crippen LogP contribution in [0, 0.1) is 5.92 Å². The van der Waals surface area contributed by atoms with Crippen molar-refractivity contribution in [1.82, 2.24) is 4.90 Å². The van der Waals surface area contributed by atoms with Crippen molar-refractivity contribution in [2.45, 2.75) is 25.2 Å². The first-order chi connectivity index (χ1) is 8.38. The summed E-state index contributed by atoms with van der Waals surface area (Å²) in [5.74, 6) is 1.69. The molecule has 0 N–H and O–H groups in total. The average molecular weight is 227 g/mol. The van der Waals surface area contributed by atoms with Gasteiger partial charge in [-0.2, -0.15) is 0 Å². The summed E-state index contributed by atoms with van der Waals surface area (Å²) in [5.41, 5.74) is 3.24. The first-order valence-electron chi connectivity index (χ1n) is 6.79. The zero-order chi connectivity index (χ0) is 11.7. The zero-order valence-corrected chi connectivity index (χ0v) is 10.4. The number of nitrogens with zero attached hydrogens (tertiary/aromatic N) is 1. The molecule has 2 atom stereocenters. The van der Waals surface area contributed by atoms with Crippen molar-refractivity contribution in [2.75, 3.05) is 19.6 Å². The number of hydrogen-bond donors (Lipinski definition) is 0. The molecule has 1 saturated heterocycles. The Morgan fingerprint density at radius 2 is 2.18 bits per heavy atom. The van der Waals surface area contributed by atoms with E-state index in [1.807, 2.05) is 6.08 Å². The molecule has 3 rings (SSSR count). The first kappa shape index (κ1) is 11.0. The zero-order valence-electron chi connectivity index (χ0n) is 10.4. The van der Waals surface area contributed by atoms with Gasteiger partial charge in [-0.05, 0) is 48.8 Å². The van der Waals surface area contributed by atoms with Crippen molar-refractivity contribution in [3.05, 3.63) is 48.0 Å². The minimum Gasteiger partial charge on any atom is -0.299 e. The smallest absolute Gasteiger partial charge is 0.0160 e. The highest BCUT2D eigenvalue weighted by atomic mass is 15.1. The van der Waals surface area contributed by atoms with Crippen molar-refractivity contribution < 1.29 is 0 Å². The van der Waals surface area contributed by atoms with Gasteiger partial charge in [0.05, 0.1) is 0 Å². The summed E-state index contributed by atoms with van der Waals surface area (Å²) in [6.07, 6.45) is 6.02. The van der Waals surface area contributed by atoms with E-state index in [0.29, 0.717) is 0 Å². The maximum Gasteiger partial charge on any atom is 0.0160 e. The van der Waals surface area contributed by atoms with E-state index >= 15 is 0 Å². The quantitative estimate of drug-likeness (QED) is 0.701. The second kappa shape index (κ2) is 4.66. The Morgan fingerprint density at radius 3 is 3.06 bits per heavy atom. The van der Waals surface area contributed by atoms with Gasteiger partial charge in [0.1, 0.15) is 0 Å².